The summed E-state index contributed by atoms with van der Waals surface area (Å²) in [6.45, 7) is 2.47. The first-order chi connectivity index (χ1) is 18.3. The average molecular weight is 553 g/mol. The van der Waals surface area contributed by atoms with E-state index in [0.717, 1.165) is 19.3 Å². The van der Waals surface area contributed by atoms with Crippen molar-refractivity contribution in [3.05, 3.63) is 0 Å². The third kappa shape index (κ3) is 8.72. The van der Waals surface area contributed by atoms with E-state index in [1.54, 1.807) is 48.0 Å². The lowest BCUT2D eigenvalue weighted by Crippen LogP contribution is -2.61. The Morgan fingerprint density at radius 3 is 1.21 bits per heavy atom. The molecule has 1 aliphatic carbocycles. The zero-order valence-electron chi connectivity index (χ0n) is 23.1. The van der Waals surface area contributed by atoms with Crippen LogP contribution in [-0.4, -0.2) is 159 Å². The second kappa shape index (κ2) is 16.0. The molecular formula is C24H48N4O10. The normalized spacial score (nSPS) is 34.4. The number of methoxy groups -OCH3 is 4. The van der Waals surface area contributed by atoms with Gasteiger partial charge in [-0.25, -0.2) is 19.6 Å². The molecule has 2 heterocycles. The summed E-state index contributed by atoms with van der Waals surface area (Å²) in [5, 5.41) is 43.0. The molecule has 2 unspecified atom stereocenters. The number of hydrogen-bond donors (Lipinski definition) is 4. The molecule has 0 aromatic heterocycles. The van der Waals surface area contributed by atoms with Crippen LogP contribution < -0.4 is 0 Å². The van der Waals surface area contributed by atoms with Crippen LogP contribution in [-0.2, 0) is 28.4 Å². The van der Waals surface area contributed by atoms with Crippen LogP contribution in [0.4, 0.5) is 0 Å². The number of rotatable bonds is 14. The topological polar surface area (TPSA) is 149 Å². The van der Waals surface area contributed by atoms with Crippen molar-refractivity contribution in [2.24, 2.45) is 11.8 Å². The first kappa shape index (κ1) is 32.0. The largest absolute Gasteiger partial charge is 0.369 e. The average Bonchev–Trinajstić information content (AvgIpc) is 2.90. The van der Waals surface area contributed by atoms with Crippen molar-refractivity contribution in [3.8, 4) is 0 Å². The van der Waals surface area contributed by atoms with Gasteiger partial charge >= 0.3 is 0 Å². The maximum Gasteiger partial charge on any atom is 0.169 e. The molecule has 1 saturated carbocycles. The number of hydrogen-bond acceptors (Lipinski definition) is 14. The zero-order chi connectivity index (χ0) is 27.7. The molecule has 0 bridgehead atoms. The van der Waals surface area contributed by atoms with E-state index in [9.17, 15) is 20.4 Å². The molecule has 0 radical (unpaired) electrons. The zero-order valence-corrected chi connectivity index (χ0v) is 23.1. The Morgan fingerprint density at radius 1 is 0.605 bits per heavy atom. The van der Waals surface area contributed by atoms with E-state index in [4.69, 9.17) is 28.4 Å². The maximum absolute atomic E-state index is 11.0. The van der Waals surface area contributed by atoms with Crippen LogP contribution in [0.5, 0.6) is 0 Å². The van der Waals surface area contributed by atoms with Crippen molar-refractivity contribution < 1.29 is 48.8 Å². The van der Waals surface area contributed by atoms with Crippen molar-refractivity contribution in [3.63, 3.8) is 0 Å². The van der Waals surface area contributed by atoms with E-state index in [2.05, 4.69) is 0 Å². The molecule has 0 amide bonds. The molecule has 4 N–H and O–H groups in total. The lowest BCUT2D eigenvalue weighted by atomic mass is 9.80. The van der Waals surface area contributed by atoms with Gasteiger partial charge in [0.05, 0.1) is 12.2 Å². The Balaban J connectivity index is 1.54. The SMILES string of the molecule is COCN1CC(OC(O)[C@H]2CCCC([C@H](O)OC3CN(COC)C(O)N(COC)C3)C2)CN(COC)C1O. The fourth-order valence-corrected chi connectivity index (χ4v) is 5.71. The first-order valence-electron chi connectivity index (χ1n) is 13.3. The highest BCUT2D eigenvalue weighted by Gasteiger charge is 2.39. The number of aliphatic hydroxyl groups is 4. The maximum atomic E-state index is 11.0. The third-order valence-electron chi connectivity index (χ3n) is 7.46. The molecule has 3 fully saturated rings. The fraction of sp³-hybridized carbons (Fsp3) is 1.00. The van der Waals surface area contributed by atoms with Crippen LogP contribution in [0.25, 0.3) is 0 Å². The van der Waals surface area contributed by atoms with E-state index in [-0.39, 0.29) is 51.0 Å². The van der Waals surface area contributed by atoms with Gasteiger partial charge in [-0.3, -0.25) is 0 Å². The lowest BCUT2D eigenvalue weighted by Gasteiger charge is -2.45. The van der Waals surface area contributed by atoms with Crippen LogP contribution in [0.3, 0.4) is 0 Å². The second-order valence-corrected chi connectivity index (χ2v) is 10.4. The molecule has 2 aliphatic heterocycles. The number of ether oxygens (including phenoxy) is 6. The Bertz CT molecular complexity index is 586. The fourth-order valence-electron chi connectivity index (χ4n) is 5.71. The minimum absolute atomic E-state index is 0.159. The van der Waals surface area contributed by atoms with Gasteiger partial charge in [-0.1, -0.05) is 6.42 Å². The van der Waals surface area contributed by atoms with Crippen molar-refractivity contribution in [2.45, 2.75) is 63.2 Å². The van der Waals surface area contributed by atoms with E-state index >= 15 is 0 Å². The highest BCUT2D eigenvalue weighted by molar-refractivity contribution is 4.83. The summed E-state index contributed by atoms with van der Waals surface area (Å²) in [7, 11) is 6.23. The third-order valence-corrected chi connectivity index (χ3v) is 7.46. The summed E-state index contributed by atoms with van der Waals surface area (Å²) < 4.78 is 32.9. The molecular weight excluding hydrogens is 504 g/mol. The Hall–Kier alpha value is -0.560. The predicted octanol–water partition coefficient (Wildman–Crippen LogP) is -1.60. The van der Waals surface area contributed by atoms with Gasteiger partial charge in [0.2, 0.25) is 0 Å². The molecule has 0 aromatic carbocycles. The molecule has 0 aromatic rings. The minimum atomic E-state index is -1.02. The summed E-state index contributed by atoms with van der Waals surface area (Å²) in [5.41, 5.74) is 0. The van der Waals surface area contributed by atoms with Crippen LogP contribution >= 0.6 is 0 Å². The summed E-state index contributed by atoms with van der Waals surface area (Å²) in [6.07, 6.45) is -1.51. The molecule has 4 atom stereocenters. The standard InChI is InChI=1S/C24H48N4O10/c1-33-13-25-9-19(10-26(14-34-2)23(25)31)37-21(29)17-6-5-7-18(8-17)22(30)38-20-11-27(15-35-3)24(32)28(12-20)16-36-4/h17-24,29-32H,5-16H2,1-4H3/t17-,18?,19?,20?,21?,22+,23?,24?/m0/s1. The van der Waals surface area contributed by atoms with Crippen molar-refractivity contribution in [1.82, 2.24) is 19.6 Å². The summed E-state index contributed by atoms with van der Waals surface area (Å²) in [4.78, 5) is 6.84. The number of nitrogens with zero attached hydrogens (tertiary/aromatic N) is 4. The smallest absolute Gasteiger partial charge is 0.169 e. The van der Waals surface area contributed by atoms with Crippen LogP contribution in [0.1, 0.15) is 25.7 Å². The van der Waals surface area contributed by atoms with Crippen LogP contribution in [0.15, 0.2) is 0 Å². The van der Waals surface area contributed by atoms with Crippen LogP contribution in [0.2, 0.25) is 0 Å². The van der Waals surface area contributed by atoms with Gasteiger partial charge in [0, 0.05) is 66.5 Å². The number of aliphatic hydroxyl groups excluding tert-OH is 4. The molecule has 224 valence electrons. The van der Waals surface area contributed by atoms with Crippen molar-refractivity contribution >= 4 is 0 Å². The molecule has 14 nitrogen and oxygen atoms in total. The van der Waals surface area contributed by atoms with E-state index in [1.807, 2.05) is 0 Å². The summed E-state index contributed by atoms with van der Waals surface area (Å²) in [6, 6.07) is 0. The highest BCUT2D eigenvalue weighted by atomic mass is 16.6. The lowest BCUT2D eigenvalue weighted by molar-refractivity contribution is -0.258. The molecule has 2 saturated heterocycles. The van der Waals surface area contributed by atoms with E-state index < -0.39 is 25.3 Å². The van der Waals surface area contributed by atoms with Gasteiger partial charge in [-0.2, -0.15) is 0 Å². The van der Waals surface area contributed by atoms with Gasteiger partial charge < -0.3 is 48.8 Å². The van der Waals surface area contributed by atoms with Crippen molar-refractivity contribution in [1.29, 1.82) is 0 Å². The Labute approximate surface area is 225 Å². The highest BCUT2D eigenvalue weighted by Crippen LogP contribution is 2.35. The van der Waals surface area contributed by atoms with E-state index in [1.165, 1.54) is 0 Å². The molecule has 14 heteroatoms. The predicted molar refractivity (Wildman–Crippen MR) is 134 cm³/mol. The van der Waals surface area contributed by atoms with Gasteiger partial charge in [-0.05, 0) is 19.3 Å². The summed E-state index contributed by atoms with van der Waals surface area (Å²) in [5.74, 6) is -0.317. The molecule has 0 spiro atoms. The monoisotopic (exact) mass is 552 g/mol. The second-order valence-electron chi connectivity index (χ2n) is 10.4. The quantitative estimate of drug-likeness (QED) is 0.183. The van der Waals surface area contributed by atoms with Crippen LogP contribution in [0, 0.1) is 11.8 Å². The minimum Gasteiger partial charge on any atom is -0.369 e. The Morgan fingerprint density at radius 2 is 0.921 bits per heavy atom. The summed E-state index contributed by atoms with van der Waals surface area (Å²) >= 11 is 0. The van der Waals surface area contributed by atoms with Gasteiger partial charge in [0.15, 0.2) is 25.3 Å². The first-order valence-corrected chi connectivity index (χ1v) is 13.3. The molecule has 3 rings (SSSR count). The Kier molecular flexibility index (Phi) is 13.5. The van der Waals surface area contributed by atoms with Gasteiger partial charge in [0.1, 0.15) is 26.9 Å². The van der Waals surface area contributed by atoms with Crippen molar-refractivity contribution in [2.75, 3.05) is 81.5 Å². The van der Waals surface area contributed by atoms with E-state index in [0.29, 0.717) is 32.6 Å². The molecule has 38 heavy (non-hydrogen) atoms. The molecule has 3 aliphatic rings. The van der Waals surface area contributed by atoms with Gasteiger partial charge in [0.25, 0.3) is 0 Å². The van der Waals surface area contributed by atoms with Gasteiger partial charge in [-0.15, -0.1) is 0 Å².